The van der Waals surface area contributed by atoms with E-state index < -0.39 is 11.9 Å². The van der Waals surface area contributed by atoms with E-state index in [1.165, 1.54) is 96.3 Å². The van der Waals surface area contributed by atoms with Crippen LogP contribution in [0, 0.1) is 0 Å². The number of esters is 1. The summed E-state index contributed by atoms with van der Waals surface area (Å²) in [5, 5.41) is 8.47. The molecule has 0 bridgehead atoms. The summed E-state index contributed by atoms with van der Waals surface area (Å²) in [5.74, 6) is -1.50. The van der Waals surface area contributed by atoms with Crippen molar-refractivity contribution in [2.45, 2.75) is 122 Å². The number of unbranched alkanes of at least 4 members (excludes halogenated alkanes) is 15. The number of carbonyl (C=O) groups is 2. The van der Waals surface area contributed by atoms with Crippen LogP contribution in [0.2, 0.25) is 0 Å². The van der Waals surface area contributed by atoms with Crippen molar-refractivity contribution >= 4 is 11.9 Å². The van der Waals surface area contributed by atoms with Gasteiger partial charge in [-0.15, -0.1) is 0 Å². The Morgan fingerprint density at radius 2 is 0.938 bits per heavy atom. The lowest BCUT2D eigenvalue weighted by Crippen LogP contribution is -2.13. The number of rotatable bonds is 26. The highest BCUT2D eigenvalue weighted by atomic mass is 16.6. The van der Waals surface area contributed by atoms with Gasteiger partial charge < -0.3 is 19.3 Å². The second-order valence-corrected chi connectivity index (χ2v) is 8.64. The molecule has 0 saturated carbocycles. The Morgan fingerprint density at radius 1 is 0.531 bits per heavy atom. The number of carboxylic acid groups (broad SMARTS) is 1. The van der Waals surface area contributed by atoms with Gasteiger partial charge in [0.25, 0.3) is 0 Å². The Bertz CT molecular complexity index is 413. The van der Waals surface area contributed by atoms with Crippen LogP contribution in [0.1, 0.15) is 122 Å². The zero-order valence-electron chi connectivity index (χ0n) is 20.8. The van der Waals surface area contributed by atoms with Crippen molar-refractivity contribution in [1.82, 2.24) is 0 Å². The molecule has 0 amide bonds. The molecule has 32 heavy (non-hydrogen) atoms. The monoisotopic (exact) mass is 458 g/mol. The van der Waals surface area contributed by atoms with Crippen LogP contribution in [-0.4, -0.2) is 50.1 Å². The molecule has 0 aliphatic carbocycles. The number of hydrogen-bond acceptors (Lipinski definition) is 5. The predicted octanol–water partition coefficient (Wildman–Crippen LogP) is 6.69. The third kappa shape index (κ3) is 26.9. The maximum absolute atomic E-state index is 11.2. The molecule has 0 heterocycles. The van der Waals surface area contributed by atoms with Gasteiger partial charge in [-0.05, 0) is 6.42 Å². The molecule has 0 aromatic rings. The van der Waals surface area contributed by atoms with Gasteiger partial charge in [0.05, 0.1) is 32.7 Å². The molecule has 0 aromatic heterocycles. The fourth-order valence-electron chi connectivity index (χ4n) is 3.57. The summed E-state index contributed by atoms with van der Waals surface area (Å²) in [6.45, 7) is 4.53. The van der Waals surface area contributed by atoms with Gasteiger partial charge in [0.1, 0.15) is 6.61 Å². The molecule has 6 heteroatoms. The van der Waals surface area contributed by atoms with Gasteiger partial charge in [-0.3, -0.25) is 9.59 Å². The van der Waals surface area contributed by atoms with Gasteiger partial charge >= 0.3 is 11.9 Å². The quantitative estimate of drug-likeness (QED) is 0.115. The van der Waals surface area contributed by atoms with E-state index in [0.29, 0.717) is 19.8 Å². The fraction of sp³-hybridized carbons (Fsp3) is 0.923. The van der Waals surface area contributed by atoms with E-state index in [2.05, 4.69) is 6.92 Å². The lowest BCUT2D eigenvalue weighted by Gasteiger charge is -2.07. The molecule has 0 aliphatic rings. The summed E-state index contributed by atoms with van der Waals surface area (Å²) in [4.78, 5) is 21.5. The van der Waals surface area contributed by atoms with Crippen LogP contribution in [0.3, 0.4) is 0 Å². The van der Waals surface area contributed by atoms with Crippen LogP contribution in [0.25, 0.3) is 0 Å². The van der Waals surface area contributed by atoms with Crippen molar-refractivity contribution in [1.29, 1.82) is 0 Å². The topological polar surface area (TPSA) is 82.1 Å². The van der Waals surface area contributed by atoms with E-state index >= 15 is 0 Å². The first kappa shape index (κ1) is 30.9. The molecule has 0 rings (SSSR count). The third-order valence-electron chi connectivity index (χ3n) is 5.55. The second-order valence-electron chi connectivity index (χ2n) is 8.64. The first-order valence-corrected chi connectivity index (χ1v) is 13.2. The lowest BCUT2D eigenvalue weighted by molar-refractivity contribution is -0.149. The van der Waals surface area contributed by atoms with E-state index in [4.69, 9.17) is 19.3 Å². The van der Waals surface area contributed by atoms with E-state index in [0.717, 1.165) is 13.0 Å². The summed E-state index contributed by atoms with van der Waals surface area (Å²) >= 11 is 0. The lowest BCUT2D eigenvalue weighted by atomic mass is 10.0. The van der Waals surface area contributed by atoms with Crippen molar-refractivity contribution in [3.05, 3.63) is 0 Å². The fourth-order valence-corrected chi connectivity index (χ4v) is 3.57. The molecular formula is C26H50O6. The minimum absolute atomic E-state index is 0.0995. The molecule has 0 spiro atoms. The van der Waals surface area contributed by atoms with E-state index in [-0.39, 0.29) is 19.4 Å². The molecule has 0 saturated heterocycles. The van der Waals surface area contributed by atoms with Crippen LogP contribution in [-0.2, 0) is 23.8 Å². The molecule has 0 aliphatic heterocycles. The SMILES string of the molecule is CCCCCCCCCCCCCCCCCCOCCOCCOC(=O)CCC(=O)O. The van der Waals surface area contributed by atoms with Crippen LogP contribution < -0.4 is 0 Å². The highest BCUT2D eigenvalue weighted by molar-refractivity contribution is 5.76. The van der Waals surface area contributed by atoms with E-state index in [9.17, 15) is 9.59 Å². The first-order chi connectivity index (χ1) is 15.7. The van der Waals surface area contributed by atoms with Crippen molar-refractivity contribution < 1.29 is 28.9 Å². The highest BCUT2D eigenvalue weighted by Gasteiger charge is 2.06. The molecule has 0 unspecified atom stereocenters. The van der Waals surface area contributed by atoms with Gasteiger partial charge in [0.2, 0.25) is 0 Å². The Kier molecular flexibility index (Phi) is 25.2. The van der Waals surface area contributed by atoms with Crippen molar-refractivity contribution in [2.24, 2.45) is 0 Å². The zero-order chi connectivity index (χ0) is 23.5. The van der Waals surface area contributed by atoms with Crippen LogP contribution >= 0.6 is 0 Å². The Balaban J connectivity index is 3.08. The summed E-state index contributed by atoms with van der Waals surface area (Å²) in [6, 6.07) is 0. The van der Waals surface area contributed by atoms with E-state index in [1.807, 2.05) is 0 Å². The number of carboxylic acids is 1. The van der Waals surface area contributed by atoms with Crippen molar-refractivity contribution in [3.8, 4) is 0 Å². The molecule has 0 atom stereocenters. The normalized spacial score (nSPS) is 11.0. The van der Waals surface area contributed by atoms with Crippen LogP contribution in [0.15, 0.2) is 0 Å². The zero-order valence-corrected chi connectivity index (χ0v) is 20.8. The Hall–Kier alpha value is -1.14. The minimum Gasteiger partial charge on any atom is -0.481 e. The van der Waals surface area contributed by atoms with Gasteiger partial charge in [-0.2, -0.15) is 0 Å². The first-order valence-electron chi connectivity index (χ1n) is 13.2. The number of ether oxygens (including phenoxy) is 3. The molecule has 0 radical (unpaired) electrons. The van der Waals surface area contributed by atoms with Crippen molar-refractivity contribution in [3.63, 3.8) is 0 Å². The minimum atomic E-state index is -1.00. The smallest absolute Gasteiger partial charge is 0.306 e. The van der Waals surface area contributed by atoms with Crippen LogP contribution in [0.4, 0.5) is 0 Å². The van der Waals surface area contributed by atoms with Crippen molar-refractivity contribution in [2.75, 3.05) is 33.0 Å². The standard InChI is InChI=1S/C26H50O6/c1-2-3-4-5-6-7-8-9-10-11-12-13-14-15-16-17-20-30-21-22-31-23-24-32-26(29)19-18-25(27)28/h2-24H2,1H3,(H,27,28). The average molecular weight is 459 g/mol. The largest absolute Gasteiger partial charge is 0.481 e. The van der Waals surface area contributed by atoms with Crippen LogP contribution in [0.5, 0.6) is 0 Å². The average Bonchev–Trinajstić information content (AvgIpc) is 2.78. The third-order valence-corrected chi connectivity index (χ3v) is 5.55. The molecule has 190 valence electrons. The van der Waals surface area contributed by atoms with E-state index in [1.54, 1.807) is 0 Å². The highest BCUT2D eigenvalue weighted by Crippen LogP contribution is 2.13. The molecule has 0 aromatic carbocycles. The Morgan fingerprint density at radius 3 is 1.41 bits per heavy atom. The maximum atomic E-state index is 11.2. The number of hydrogen-bond donors (Lipinski definition) is 1. The Labute approximate surface area is 196 Å². The summed E-state index contributed by atoms with van der Waals surface area (Å²) < 4.78 is 15.7. The number of carbonyl (C=O) groups excluding carboxylic acids is 1. The summed E-state index contributed by atoms with van der Waals surface area (Å²) in [7, 11) is 0. The predicted molar refractivity (Wildman–Crippen MR) is 129 cm³/mol. The number of aliphatic carboxylic acids is 1. The molecular weight excluding hydrogens is 408 g/mol. The molecule has 6 nitrogen and oxygen atoms in total. The second kappa shape index (κ2) is 26.1. The summed E-state index contributed by atoms with van der Waals surface area (Å²) in [6.07, 6.45) is 21.6. The summed E-state index contributed by atoms with van der Waals surface area (Å²) in [5.41, 5.74) is 0. The maximum Gasteiger partial charge on any atom is 0.306 e. The van der Waals surface area contributed by atoms with Gasteiger partial charge in [-0.25, -0.2) is 0 Å². The molecule has 0 fully saturated rings. The molecule has 1 N–H and O–H groups in total. The van der Waals surface area contributed by atoms with Gasteiger partial charge in [0, 0.05) is 6.61 Å². The van der Waals surface area contributed by atoms with Gasteiger partial charge in [0.15, 0.2) is 0 Å². The van der Waals surface area contributed by atoms with Gasteiger partial charge in [-0.1, -0.05) is 103 Å².